The largest absolute Gasteiger partial charge is 0.456 e. The molecule has 2 aromatic carbocycles. The fraction of sp³-hybridized carbons (Fsp3) is 0.240. The number of piperazine rings is 1. The Morgan fingerprint density at radius 2 is 1.91 bits per heavy atom. The van der Waals surface area contributed by atoms with Crippen LogP contribution in [0, 0.1) is 17.0 Å². The number of hydrogen-bond donors (Lipinski definition) is 1. The van der Waals surface area contributed by atoms with Gasteiger partial charge in [0.25, 0.3) is 5.69 Å². The molecule has 1 aromatic heterocycles. The van der Waals surface area contributed by atoms with Crippen LogP contribution < -0.4 is 10.2 Å². The van der Waals surface area contributed by atoms with Crippen molar-refractivity contribution in [3.63, 3.8) is 0 Å². The van der Waals surface area contributed by atoms with Gasteiger partial charge >= 0.3 is 0 Å². The van der Waals surface area contributed by atoms with Gasteiger partial charge in [0.1, 0.15) is 11.5 Å². The van der Waals surface area contributed by atoms with Gasteiger partial charge in [-0.25, -0.2) is 0 Å². The number of carbonyl (C=O) groups is 1. The maximum Gasteiger partial charge on any atom is 0.280 e. The van der Waals surface area contributed by atoms with Gasteiger partial charge in [0.05, 0.1) is 26.9 Å². The van der Waals surface area contributed by atoms with Gasteiger partial charge in [0, 0.05) is 38.3 Å². The highest BCUT2D eigenvalue weighted by Gasteiger charge is 2.21. The minimum Gasteiger partial charge on any atom is -0.456 e. The highest BCUT2D eigenvalue weighted by molar-refractivity contribution is 6.34. The Hall–Kier alpha value is -3.62. The van der Waals surface area contributed by atoms with Crippen molar-refractivity contribution in [3.05, 3.63) is 81.1 Å². The van der Waals surface area contributed by atoms with Crippen LogP contribution in [0.15, 0.2) is 59.0 Å². The number of carbonyl (C=O) groups excluding carboxylic acids is 1. The van der Waals surface area contributed by atoms with E-state index in [9.17, 15) is 14.9 Å². The summed E-state index contributed by atoms with van der Waals surface area (Å²) in [5.74, 6) is 0.432. The standard InChI is InChI=1S/C25H25ClN4O4/c1-17-6-9-19(22(16-17)30(32)33)23-10-7-18(34-23)8-11-24(31)27-21-5-3-4-20(26)25(21)29-14-12-28(2)13-15-29/h3-11,16H,12-15H2,1-2H3,(H,27,31)/b11-8+. The number of rotatable bonds is 6. The van der Waals surface area contributed by atoms with Crippen LogP contribution in [-0.2, 0) is 4.79 Å². The predicted octanol–water partition coefficient (Wildman–Crippen LogP) is 5.22. The molecular weight excluding hydrogens is 456 g/mol. The molecule has 0 unspecified atom stereocenters. The molecule has 9 heteroatoms. The summed E-state index contributed by atoms with van der Waals surface area (Å²) < 4.78 is 5.74. The van der Waals surface area contributed by atoms with Gasteiger partial charge in [0.15, 0.2) is 0 Å². The molecule has 3 aromatic rings. The molecule has 1 fully saturated rings. The monoisotopic (exact) mass is 480 g/mol. The smallest absolute Gasteiger partial charge is 0.280 e. The summed E-state index contributed by atoms with van der Waals surface area (Å²) in [5.41, 5.74) is 2.60. The molecule has 2 heterocycles. The van der Waals surface area contributed by atoms with Gasteiger partial charge in [-0.2, -0.15) is 0 Å². The van der Waals surface area contributed by atoms with Gasteiger partial charge in [-0.1, -0.05) is 23.7 Å². The molecule has 1 N–H and O–H groups in total. The molecule has 0 atom stereocenters. The summed E-state index contributed by atoms with van der Waals surface area (Å²) in [4.78, 5) is 28.0. The predicted molar refractivity (Wildman–Crippen MR) is 134 cm³/mol. The van der Waals surface area contributed by atoms with E-state index in [1.807, 2.05) is 12.1 Å². The summed E-state index contributed by atoms with van der Waals surface area (Å²) in [5, 5.41) is 14.9. The maximum absolute atomic E-state index is 12.6. The molecule has 0 aliphatic carbocycles. The first kappa shape index (κ1) is 23.5. The minimum absolute atomic E-state index is 0.0278. The Morgan fingerprint density at radius 3 is 2.65 bits per heavy atom. The number of nitro benzene ring substituents is 1. The first-order chi connectivity index (χ1) is 16.3. The zero-order valence-electron chi connectivity index (χ0n) is 19.0. The molecule has 1 saturated heterocycles. The molecule has 0 saturated carbocycles. The van der Waals surface area contributed by atoms with Gasteiger partial charge in [-0.3, -0.25) is 14.9 Å². The number of amides is 1. The molecule has 4 rings (SSSR count). The van der Waals surface area contributed by atoms with E-state index in [1.54, 1.807) is 37.3 Å². The first-order valence-corrected chi connectivity index (χ1v) is 11.3. The lowest BCUT2D eigenvalue weighted by Crippen LogP contribution is -2.44. The third-order valence-corrected chi connectivity index (χ3v) is 6.01. The number of hydrogen-bond acceptors (Lipinski definition) is 6. The average molecular weight is 481 g/mol. The lowest BCUT2D eigenvalue weighted by Gasteiger charge is -2.35. The number of para-hydroxylation sites is 1. The summed E-state index contributed by atoms with van der Waals surface area (Å²) in [7, 11) is 2.08. The average Bonchev–Trinajstić information content (AvgIpc) is 3.27. The SMILES string of the molecule is Cc1ccc(-c2ccc(/C=C/C(=O)Nc3cccc(Cl)c3N3CCN(C)CC3)o2)c([N+](=O)[O-])c1. The van der Waals surface area contributed by atoms with Crippen molar-refractivity contribution >= 4 is 40.6 Å². The summed E-state index contributed by atoms with van der Waals surface area (Å²) in [6.45, 7) is 5.26. The van der Waals surface area contributed by atoms with Crippen LogP contribution in [0.5, 0.6) is 0 Å². The molecule has 1 aliphatic rings. The maximum atomic E-state index is 12.6. The Kier molecular flexibility index (Phi) is 7.00. The third kappa shape index (κ3) is 5.30. The molecular formula is C25H25ClN4O4. The quantitative estimate of drug-likeness (QED) is 0.295. The number of nitro groups is 1. The van der Waals surface area contributed by atoms with Crippen molar-refractivity contribution in [2.45, 2.75) is 6.92 Å². The number of nitrogens with one attached hydrogen (secondary N) is 1. The lowest BCUT2D eigenvalue weighted by atomic mass is 10.1. The summed E-state index contributed by atoms with van der Waals surface area (Å²) >= 11 is 6.47. The van der Waals surface area contributed by atoms with Crippen LogP contribution >= 0.6 is 11.6 Å². The molecule has 176 valence electrons. The number of nitrogens with zero attached hydrogens (tertiary/aromatic N) is 3. The van der Waals surface area contributed by atoms with E-state index in [0.717, 1.165) is 37.4 Å². The Balaban J connectivity index is 1.49. The van der Waals surface area contributed by atoms with E-state index in [0.29, 0.717) is 27.8 Å². The van der Waals surface area contributed by atoms with E-state index < -0.39 is 4.92 Å². The number of anilines is 2. The van der Waals surface area contributed by atoms with Crippen LogP contribution in [0.1, 0.15) is 11.3 Å². The fourth-order valence-corrected chi connectivity index (χ4v) is 4.18. The van der Waals surface area contributed by atoms with Crippen molar-refractivity contribution in [1.82, 2.24) is 4.90 Å². The molecule has 1 amide bonds. The molecule has 34 heavy (non-hydrogen) atoms. The van der Waals surface area contributed by atoms with E-state index in [4.69, 9.17) is 16.0 Å². The zero-order valence-corrected chi connectivity index (χ0v) is 19.7. The van der Waals surface area contributed by atoms with E-state index >= 15 is 0 Å². The van der Waals surface area contributed by atoms with E-state index in [-0.39, 0.29) is 11.6 Å². The lowest BCUT2D eigenvalue weighted by molar-refractivity contribution is -0.384. The van der Waals surface area contributed by atoms with E-state index in [2.05, 4.69) is 22.2 Å². The zero-order chi connectivity index (χ0) is 24.2. The molecule has 1 aliphatic heterocycles. The minimum atomic E-state index is -0.434. The fourth-order valence-electron chi connectivity index (χ4n) is 3.89. The molecule has 0 spiro atoms. The summed E-state index contributed by atoms with van der Waals surface area (Å²) in [6.07, 6.45) is 2.89. The number of benzene rings is 2. The Bertz CT molecular complexity index is 1250. The van der Waals surface area contributed by atoms with Crippen molar-refractivity contribution in [1.29, 1.82) is 0 Å². The highest BCUT2D eigenvalue weighted by Crippen LogP contribution is 2.35. The number of aryl methyl sites for hydroxylation is 1. The molecule has 8 nitrogen and oxygen atoms in total. The third-order valence-electron chi connectivity index (χ3n) is 5.71. The van der Waals surface area contributed by atoms with Crippen LogP contribution in [-0.4, -0.2) is 49.0 Å². The normalized spacial score (nSPS) is 14.5. The van der Waals surface area contributed by atoms with Crippen LogP contribution in [0.25, 0.3) is 17.4 Å². The number of furan rings is 1. The number of likely N-dealkylation sites (N-methyl/N-ethyl adjacent to an activating group) is 1. The summed E-state index contributed by atoms with van der Waals surface area (Å²) in [6, 6.07) is 13.7. The molecule has 0 bridgehead atoms. The first-order valence-electron chi connectivity index (χ1n) is 10.9. The second-order valence-electron chi connectivity index (χ2n) is 8.23. The van der Waals surface area contributed by atoms with Crippen molar-refractivity contribution < 1.29 is 14.1 Å². The van der Waals surface area contributed by atoms with Gasteiger partial charge in [0.2, 0.25) is 5.91 Å². The second kappa shape index (κ2) is 10.1. The Labute approximate surface area is 202 Å². The second-order valence-corrected chi connectivity index (χ2v) is 8.64. The number of halogens is 1. The Morgan fingerprint density at radius 1 is 1.15 bits per heavy atom. The highest BCUT2D eigenvalue weighted by atomic mass is 35.5. The van der Waals surface area contributed by atoms with Crippen LogP contribution in [0.2, 0.25) is 5.02 Å². The van der Waals surface area contributed by atoms with Crippen LogP contribution in [0.3, 0.4) is 0 Å². The molecule has 0 radical (unpaired) electrons. The van der Waals surface area contributed by atoms with E-state index in [1.165, 1.54) is 18.2 Å². The van der Waals surface area contributed by atoms with Gasteiger partial charge in [-0.15, -0.1) is 0 Å². The van der Waals surface area contributed by atoms with Gasteiger partial charge < -0.3 is 19.5 Å². The van der Waals surface area contributed by atoms with Gasteiger partial charge in [-0.05, 0) is 55.9 Å². The van der Waals surface area contributed by atoms with Crippen LogP contribution in [0.4, 0.5) is 17.1 Å². The topological polar surface area (TPSA) is 91.9 Å². The van der Waals surface area contributed by atoms with Crippen molar-refractivity contribution in [2.24, 2.45) is 0 Å². The van der Waals surface area contributed by atoms with Crippen molar-refractivity contribution in [3.8, 4) is 11.3 Å². The van der Waals surface area contributed by atoms with Crippen molar-refractivity contribution in [2.75, 3.05) is 43.4 Å².